The topological polar surface area (TPSA) is 38.3 Å². The molecule has 2 rings (SSSR count). The Balaban J connectivity index is 1.75. The molecule has 2 heterocycles. The first-order valence-corrected chi connectivity index (χ1v) is 6.22. The number of amides is 1. The van der Waals surface area contributed by atoms with E-state index in [9.17, 15) is 4.79 Å². The summed E-state index contributed by atoms with van der Waals surface area (Å²) < 4.78 is 5.53. The number of ether oxygens (including phenoxy) is 1. The summed E-state index contributed by atoms with van der Waals surface area (Å²) in [6, 6.07) is 1.84. The van der Waals surface area contributed by atoms with E-state index in [0.717, 1.165) is 25.0 Å². The maximum absolute atomic E-state index is 11.6. The molecular formula is C11H15NO2S. The third-order valence-electron chi connectivity index (χ3n) is 2.55. The molecule has 0 saturated carbocycles. The van der Waals surface area contributed by atoms with Crippen molar-refractivity contribution in [3.05, 3.63) is 22.4 Å². The highest BCUT2D eigenvalue weighted by Crippen LogP contribution is 2.12. The molecular weight excluding hydrogens is 210 g/mol. The van der Waals surface area contributed by atoms with Gasteiger partial charge in [0.05, 0.1) is 6.10 Å². The molecule has 1 aliphatic heterocycles. The molecule has 1 aromatic heterocycles. The molecule has 0 spiro atoms. The van der Waals surface area contributed by atoms with Crippen LogP contribution in [0.2, 0.25) is 0 Å². The van der Waals surface area contributed by atoms with Crippen LogP contribution in [0.5, 0.6) is 0 Å². The van der Waals surface area contributed by atoms with Crippen molar-refractivity contribution < 1.29 is 9.53 Å². The van der Waals surface area contributed by atoms with Crippen LogP contribution in [0.15, 0.2) is 16.8 Å². The van der Waals surface area contributed by atoms with E-state index in [1.807, 2.05) is 16.8 Å². The van der Waals surface area contributed by atoms with Crippen LogP contribution in [0.1, 0.15) is 29.6 Å². The zero-order chi connectivity index (χ0) is 10.5. The molecule has 1 aromatic rings. The zero-order valence-electron chi connectivity index (χ0n) is 8.57. The lowest BCUT2D eigenvalue weighted by Crippen LogP contribution is -2.35. The lowest BCUT2D eigenvalue weighted by molar-refractivity contribution is 0.0169. The maximum atomic E-state index is 11.6. The van der Waals surface area contributed by atoms with Crippen LogP contribution in [0, 0.1) is 0 Å². The van der Waals surface area contributed by atoms with Gasteiger partial charge in [-0.2, -0.15) is 11.3 Å². The molecule has 1 atom stereocenters. The first kappa shape index (κ1) is 10.6. The molecule has 0 bridgehead atoms. The van der Waals surface area contributed by atoms with E-state index in [1.54, 1.807) is 0 Å². The summed E-state index contributed by atoms with van der Waals surface area (Å²) in [6.07, 6.45) is 3.62. The Morgan fingerprint density at radius 1 is 1.60 bits per heavy atom. The average molecular weight is 225 g/mol. The van der Waals surface area contributed by atoms with Gasteiger partial charge in [-0.05, 0) is 30.7 Å². The lowest BCUT2D eigenvalue weighted by Gasteiger charge is -2.22. The number of rotatable bonds is 3. The summed E-state index contributed by atoms with van der Waals surface area (Å²) in [5.74, 6) is 0.00502. The molecule has 3 nitrogen and oxygen atoms in total. The first-order valence-electron chi connectivity index (χ1n) is 5.28. The number of nitrogens with one attached hydrogen (secondary N) is 1. The van der Waals surface area contributed by atoms with Gasteiger partial charge in [-0.3, -0.25) is 4.79 Å². The largest absolute Gasteiger partial charge is 0.376 e. The fraction of sp³-hybridized carbons (Fsp3) is 0.545. The summed E-state index contributed by atoms with van der Waals surface area (Å²) >= 11 is 1.54. The SMILES string of the molecule is O=C(NCC1CCCCO1)c1ccsc1. The van der Waals surface area contributed by atoms with Crippen molar-refractivity contribution in [2.24, 2.45) is 0 Å². The van der Waals surface area contributed by atoms with Crippen LogP contribution >= 0.6 is 11.3 Å². The second kappa shape index (κ2) is 5.28. The van der Waals surface area contributed by atoms with Crippen LogP contribution in [-0.4, -0.2) is 25.2 Å². The fourth-order valence-corrected chi connectivity index (χ4v) is 2.31. The van der Waals surface area contributed by atoms with Crippen molar-refractivity contribution in [1.82, 2.24) is 5.32 Å². The van der Waals surface area contributed by atoms with Gasteiger partial charge >= 0.3 is 0 Å². The molecule has 82 valence electrons. The standard InChI is InChI=1S/C11H15NO2S/c13-11(9-4-6-15-8-9)12-7-10-3-1-2-5-14-10/h4,6,8,10H,1-3,5,7H2,(H,12,13). The fourth-order valence-electron chi connectivity index (χ4n) is 1.67. The van der Waals surface area contributed by atoms with E-state index in [-0.39, 0.29) is 12.0 Å². The normalized spacial score (nSPS) is 21.2. The number of hydrogen-bond acceptors (Lipinski definition) is 3. The van der Waals surface area contributed by atoms with Crippen molar-refractivity contribution in [3.63, 3.8) is 0 Å². The molecule has 1 saturated heterocycles. The Bertz CT molecular complexity index is 304. The molecule has 0 radical (unpaired) electrons. The summed E-state index contributed by atoms with van der Waals surface area (Å²) in [6.45, 7) is 1.47. The summed E-state index contributed by atoms with van der Waals surface area (Å²) in [4.78, 5) is 11.6. The minimum Gasteiger partial charge on any atom is -0.376 e. The highest BCUT2D eigenvalue weighted by Gasteiger charge is 2.15. The second-order valence-corrected chi connectivity index (χ2v) is 4.49. The maximum Gasteiger partial charge on any atom is 0.252 e. The molecule has 15 heavy (non-hydrogen) atoms. The Morgan fingerprint density at radius 3 is 3.20 bits per heavy atom. The highest BCUT2D eigenvalue weighted by atomic mass is 32.1. The number of hydrogen-bond donors (Lipinski definition) is 1. The molecule has 1 N–H and O–H groups in total. The number of carbonyl (C=O) groups excluding carboxylic acids is 1. The third kappa shape index (κ3) is 3.04. The molecule has 0 aliphatic carbocycles. The summed E-state index contributed by atoms with van der Waals surface area (Å²) in [7, 11) is 0. The van der Waals surface area contributed by atoms with Crippen LogP contribution in [0.3, 0.4) is 0 Å². The van der Waals surface area contributed by atoms with E-state index in [2.05, 4.69) is 5.32 Å². The first-order chi connectivity index (χ1) is 7.36. The average Bonchev–Trinajstić information content (AvgIpc) is 2.81. The van der Waals surface area contributed by atoms with Gasteiger partial charge in [0.25, 0.3) is 5.91 Å². The molecule has 1 fully saturated rings. The molecule has 1 unspecified atom stereocenters. The Hall–Kier alpha value is -0.870. The van der Waals surface area contributed by atoms with Gasteiger partial charge in [0.15, 0.2) is 0 Å². The molecule has 0 aromatic carbocycles. The predicted molar refractivity (Wildman–Crippen MR) is 60.2 cm³/mol. The van der Waals surface area contributed by atoms with E-state index in [4.69, 9.17) is 4.74 Å². The monoisotopic (exact) mass is 225 g/mol. The van der Waals surface area contributed by atoms with Crippen LogP contribution in [-0.2, 0) is 4.74 Å². The number of thiophene rings is 1. The van der Waals surface area contributed by atoms with E-state index < -0.39 is 0 Å². The van der Waals surface area contributed by atoms with Gasteiger partial charge in [0.2, 0.25) is 0 Å². The lowest BCUT2D eigenvalue weighted by atomic mass is 10.1. The van der Waals surface area contributed by atoms with Crippen molar-refractivity contribution >= 4 is 17.2 Å². The van der Waals surface area contributed by atoms with Crippen molar-refractivity contribution in [1.29, 1.82) is 0 Å². The minimum atomic E-state index is 0.00502. The van der Waals surface area contributed by atoms with E-state index in [1.165, 1.54) is 17.8 Å². The predicted octanol–water partition coefficient (Wildman–Crippen LogP) is 2.05. The number of carbonyl (C=O) groups is 1. The Morgan fingerprint density at radius 2 is 2.53 bits per heavy atom. The van der Waals surface area contributed by atoms with Gasteiger partial charge < -0.3 is 10.1 Å². The van der Waals surface area contributed by atoms with E-state index in [0.29, 0.717) is 6.54 Å². The molecule has 1 aliphatic rings. The van der Waals surface area contributed by atoms with Gasteiger partial charge in [-0.25, -0.2) is 0 Å². The Kier molecular flexibility index (Phi) is 3.75. The van der Waals surface area contributed by atoms with E-state index >= 15 is 0 Å². The second-order valence-electron chi connectivity index (χ2n) is 3.71. The summed E-state index contributed by atoms with van der Waals surface area (Å²) in [5, 5.41) is 6.66. The van der Waals surface area contributed by atoms with Crippen molar-refractivity contribution in [2.45, 2.75) is 25.4 Å². The van der Waals surface area contributed by atoms with Gasteiger partial charge in [-0.15, -0.1) is 0 Å². The van der Waals surface area contributed by atoms with Crippen LogP contribution < -0.4 is 5.32 Å². The highest BCUT2D eigenvalue weighted by molar-refractivity contribution is 7.08. The quantitative estimate of drug-likeness (QED) is 0.855. The van der Waals surface area contributed by atoms with Crippen LogP contribution in [0.4, 0.5) is 0 Å². The Labute approximate surface area is 93.4 Å². The zero-order valence-corrected chi connectivity index (χ0v) is 9.39. The smallest absolute Gasteiger partial charge is 0.252 e. The van der Waals surface area contributed by atoms with Crippen molar-refractivity contribution in [2.75, 3.05) is 13.2 Å². The van der Waals surface area contributed by atoms with Gasteiger partial charge in [0.1, 0.15) is 0 Å². The molecule has 1 amide bonds. The van der Waals surface area contributed by atoms with Gasteiger partial charge in [0, 0.05) is 24.1 Å². The third-order valence-corrected chi connectivity index (χ3v) is 3.23. The van der Waals surface area contributed by atoms with Gasteiger partial charge in [-0.1, -0.05) is 0 Å². The minimum absolute atomic E-state index is 0.00502. The summed E-state index contributed by atoms with van der Waals surface area (Å²) in [5.41, 5.74) is 0.746. The van der Waals surface area contributed by atoms with Crippen LogP contribution in [0.25, 0.3) is 0 Å². The van der Waals surface area contributed by atoms with Crippen molar-refractivity contribution in [3.8, 4) is 0 Å². The molecule has 4 heteroatoms.